The zero-order chi connectivity index (χ0) is 25.0. The average Bonchev–Trinajstić information content (AvgIpc) is 3.06. The molecule has 0 fully saturated rings. The Labute approximate surface area is 205 Å². The predicted octanol–water partition coefficient (Wildman–Crippen LogP) is 4.46. The Hall–Kier alpha value is -3.78. The molecule has 0 spiro atoms. The molecule has 0 unspecified atom stereocenters. The van der Waals surface area contributed by atoms with Crippen molar-refractivity contribution in [2.75, 3.05) is 27.4 Å². The summed E-state index contributed by atoms with van der Waals surface area (Å²) >= 11 is 0. The molecule has 8 heteroatoms. The van der Waals surface area contributed by atoms with Crippen LogP contribution in [0.1, 0.15) is 27.0 Å². The van der Waals surface area contributed by atoms with Crippen molar-refractivity contribution in [2.24, 2.45) is 0 Å². The molecule has 1 heterocycles. The molecular weight excluding hydrogens is 466 g/mol. The highest BCUT2D eigenvalue weighted by Crippen LogP contribution is 2.35. The van der Waals surface area contributed by atoms with Crippen molar-refractivity contribution in [3.8, 4) is 11.5 Å². The lowest BCUT2D eigenvalue weighted by Gasteiger charge is -2.25. The zero-order valence-electron chi connectivity index (χ0n) is 19.9. The number of nitrogens with zero attached hydrogens (tertiary/aromatic N) is 1. The van der Waals surface area contributed by atoms with Gasteiger partial charge in [-0.05, 0) is 66.9 Å². The third-order valence-electron chi connectivity index (χ3n) is 5.84. The number of ether oxygens (including phenoxy) is 3. The number of sulfonamides is 1. The number of fused-ring (bicyclic) bond motifs is 1. The van der Waals surface area contributed by atoms with Crippen LogP contribution in [0.5, 0.6) is 11.5 Å². The number of carbonyl (C=O) groups excluding carboxylic acids is 1. The van der Waals surface area contributed by atoms with Crippen molar-refractivity contribution in [2.45, 2.75) is 18.2 Å². The molecule has 0 saturated heterocycles. The first kappa shape index (κ1) is 24.3. The second kappa shape index (κ2) is 10.2. The van der Waals surface area contributed by atoms with E-state index in [2.05, 4.69) is 0 Å². The lowest BCUT2D eigenvalue weighted by Crippen LogP contribution is -2.33. The van der Waals surface area contributed by atoms with Crippen LogP contribution >= 0.6 is 0 Å². The Morgan fingerprint density at radius 1 is 0.943 bits per heavy atom. The molecule has 35 heavy (non-hydrogen) atoms. The SMILES string of the molecule is COc1cc2c(cc1OC)CCN(S(=O)(=O)c1ccc(C)cc1)C(COC(=O)c1ccccc1)=C2. The van der Waals surface area contributed by atoms with Crippen molar-refractivity contribution in [3.05, 3.63) is 94.7 Å². The summed E-state index contributed by atoms with van der Waals surface area (Å²) in [5.41, 5.74) is 3.37. The van der Waals surface area contributed by atoms with E-state index in [-0.39, 0.29) is 18.0 Å². The van der Waals surface area contributed by atoms with E-state index in [1.807, 2.05) is 13.0 Å². The molecule has 0 bridgehead atoms. The largest absolute Gasteiger partial charge is 0.493 e. The number of carbonyl (C=O) groups is 1. The van der Waals surface area contributed by atoms with Gasteiger partial charge in [-0.1, -0.05) is 35.9 Å². The summed E-state index contributed by atoms with van der Waals surface area (Å²) in [6, 6.07) is 18.9. The molecule has 0 aromatic heterocycles. The van der Waals surface area contributed by atoms with Gasteiger partial charge in [0.2, 0.25) is 0 Å². The van der Waals surface area contributed by atoms with Crippen LogP contribution in [0.15, 0.2) is 77.3 Å². The van der Waals surface area contributed by atoms with Crippen molar-refractivity contribution in [1.82, 2.24) is 4.31 Å². The smallest absolute Gasteiger partial charge is 0.338 e. The second-order valence-corrected chi connectivity index (χ2v) is 9.99. The van der Waals surface area contributed by atoms with E-state index in [4.69, 9.17) is 14.2 Å². The van der Waals surface area contributed by atoms with Crippen molar-refractivity contribution in [3.63, 3.8) is 0 Å². The Balaban J connectivity index is 1.74. The summed E-state index contributed by atoms with van der Waals surface area (Å²) in [6.07, 6.45) is 2.17. The van der Waals surface area contributed by atoms with E-state index in [0.29, 0.717) is 29.2 Å². The van der Waals surface area contributed by atoms with Gasteiger partial charge in [0.1, 0.15) is 6.61 Å². The predicted molar refractivity (Wildman–Crippen MR) is 133 cm³/mol. The molecular formula is C27H27NO6S. The van der Waals surface area contributed by atoms with Crippen LogP contribution in [0.4, 0.5) is 0 Å². The van der Waals surface area contributed by atoms with E-state index in [1.165, 1.54) is 4.31 Å². The van der Waals surface area contributed by atoms with Crippen LogP contribution in [0.2, 0.25) is 0 Å². The molecule has 182 valence electrons. The van der Waals surface area contributed by atoms with E-state index in [0.717, 1.165) is 16.7 Å². The number of benzene rings is 3. The standard InChI is InChI=1S/C27H27NO6S/c1-19-9-11-24(12-10-19)35(30,31)28-14-13-21-16-25(32-2)26(33-3)17-22(21)15-23(28)18-34-27(29)20-7-5-4-6-8-20/h4-12,15-17H,13-14,18H2,1-3H3. The first-order chi connectivity index (χ1) is 16.8. The summed E-state index contributed by atoms with van der Waals surface area (Å²) in [6.45, 7) is 1.86. The number of aryl methyl sites for hydroxylation is 1. The molecule has 0 aliphatic carbocycles. The Morgan fingerprint density at radius 3 is 2.26 bits per heavy atom. The highest BCUT2D eigenvalue weighted by Gasteiger charge is 2.30. The van der Waals surface area contributed by atoms with Crippen LogP contribution in [-0.2, 0) is 21.2 Å². The number of methoxy groups -OCH3 is 2. The first-order valence-corrected chi connectivity index (χ1v) is 12.5. The van der Waals surface area contributed by atoms with Gasteiger partial charge in [-0.25, -0.2) is 13.2 Å². The third kappa shape index (κ3) is 5.17. The number of esters is 1. The maximum absolute atomic E-state index is 13.7. The lowest BCUT2D eigenvalue weighted by atomic mass is 10.0. The fraction of sp³-hybridized carbons (Fsp3) is 0.222. The van der Waals surface area contributed by atoms with Gasteiger partial charge in [-0.2, -0.15) is 0 Å². The zero-order valence-corrected chi connectivity index (χ0v) is 20.7. The summed E-state index contributed by atoms with van der Waals surface area (Å²) in [4.78, 5) is 12.8. The van der Waals surface area contributed by atoms with Gasteiger partial charge in [-0.3, -0.25) is 4.31 Å². The molecule has 0 amide bonds. The molecule has 0 radical (unpaired) electrons. The van der Waals surface area contributed by atoms with Gasteiger partial charge in [0, 0.05) is 6.54 Å². The molecule has 1 aliphatic rings. The van der Waals surface area contributed by atoms with E-state index in [1.54, 1.807) is 81.0 Å². The Morgan fingerprint density at radius 2 is 1.60 bits per heavy atom. The normalized spacial score (nSPS) is 13.3. The monoisotopic (exact) mass is 493 g/mol. The maximum Gasteiger partial charge on any atom is 0.338 e. The fourth-order valence-corrected chi connectivity index (χ4v) is 5.41. The average molecular weight is 494 g/mol. The molecule has 7 nitrogen and oxygen atoms in total. The minimum Gasteiger partial charge on any atom is -0.493 e. The first-order valence-electron chi connectivity index (χ1n) is 11.1. The van der Waals surface area contributed by atoms with Gasteiger partial charge >= 0.3 is 5.97 Å². The molecule has 0 saturated carbocycles. The van der Waals surface area contributed by atoms with Gasteiger partial charge in [0.05, 0.1) is 30.4 Å². The molecule has 0 atom stereocenters. The summed E-state index contributed by atoms with van der Waals surface area (Å²) < 4.78 is 45.1. The summed E-state index contributed by atoms with van der Waals surface area (Å²) in [5, 5.41) is 0. The third-order valence-corrected chi connectivity index (χ3v) is 7.71. The molecule has 0 N–H and O–H groups in total. The van der Waals surface area contributed by atoms with Crippen LogP contribution in [-0.4, -0.2) is 46.1 Å². The number of rotatable bonds is 7. The van der Waals surface area contributed by atoms with Crippen LogP contribution in [0.25, 0.3) is 6.08 Å². The molecule has 3 aromatic rings. The van der Waals surface area contributed by atoms with Gasteiger partial charge in [-0.15, -0.1) is 0 Å². The van der Waals surface area contributed by atoms with Crippen molar-refractivity contribution >= 4 is 22.1 Å². The van der Waals surface area contributed by atoms with Gasteiger partial charge < -0.3 is 14.2 Å². The molecule has 3 aromatic carbocycles. The minimum atomic E-state index is -3.90. The highest BCUT2D eigenvalue weighted by molar-refractivity contribution is 7.89. The quantitative estimate of drug-likeness (QED) is 0.452. The second-order valence-electron chi connectivity index (χ2n) is 8.12. The van der Waals surface area contributed by atoms with Crippen LogP contribution in [0, 0.1) is 6.92 Å². The van der Waals surface area contributed by atoms with Crippen molar-refractivity contribution in [1.29, 1.82) is 0 Å². The maximum atomic E-state index is 13.7. The fourth-order valence-electron chi connectivity index (χ4n) is 3.93. The lowest BCUT2D eigenvalue weighted by molar-refractivity contribution is 0.0526. The van der Waals surface area contributed by atoms with Gasteiger partial charge in [0.25, 0.3) is 10.0 Å². The van der Waals surface area contributed by atoms with Crippen LogP contribution in [0.3, 0.4) is 0 Å². The summed E-state index contributed by atoms with van der Waals surface area (Å²) in [5.74, 6) is 0.556. The number of hydrogen-bond donors (Lipinski definition) is 0. The molecule has 4 rings (SSSR count). The topological polar surface area (TPSA) is 82.1 Å². The van der Waals surface area contributed by atoms with E-state index in [9.17, 15) is 13.2 Å². The number of hydrogen-bond acceptors (Lipinski definition) is 6. The highest BCUT2D eigenvalue weighted by atomic mass is 32.2. The van der Waals surface area contributed by atoms with Crippen molar-refractivity contribution < 1.29 is 27.4 Å². The van der Waals surface area contributed by atoms with Crippen LogP contribution < -0.4 is 9.47 Å². The Bertz CT molecular complexity index is 1350. The summed E-state index contributed by atoms with van der Waals surface area (Å²) in [7, 11) is -0.804. The van der Waals surface area contributed by atoms with E-state index < -0.39 is 16.0 Å². The molecule has 1 aliphatic heterocycles. The van der Waals surface area contributed by atoms with E-state index >= 15 is 0 Å². The minimum absolute atomic E-state index is 0.171. The Kier molecular flexibility index (Phi) is 7.12. The van der Waals surface area contributed by atoms with Gasteiger partial charge in [0.15, 0.2) is 11.5 Å².